The molecule has 0 saturated carbocycles. The Morgan fingerprint density at radius 2 is 2.08 bits per heavy atom. The number of unbranched alkanes of at least 4 members (excludes halogenated alkanes) is 1. The number of aliphatic hydroxyl groups is 2. The van der Waals surface area contributed by atoms with Crippen molar-refractivity contribution in [1.29, 1.82) is 0 Å². The van der Waals surface area contributed by atoms with Crippen molar-refractivity contribution in [2.45, 2.75) is 32.5 Å². The van der Waals surface area contributed by atoms with Crippen molar-refractivity contribution in [3.8, 4) is 0 Å². The lowest BCUT2D eigenvalue weighted by Gasteiger charge is -2.11. The van der Waals surface area contributed by atoms with E-state index in [-0.39, 0.29) is 19.2 Å². The Morgan fingerprint density at radius 1 is 1.46 bits per heavy atom. The molecule has 5 nitrogen and oxygen atoms in total. The van der Waals surface area contributed by atoms with Gasteiger partial charge in [-0.25, -0.2) is 0 Å². The third-order valence-corrected chi connectivity index (χ3v) is 2.93. The second kappa shape index (κ2) is 6.51. The van der Waals surface area contributed by atoms with Gasteiger partial charge in [-0.2, -0.15) is 0 Å². The molecule has 0 amide bonds. The largest absolute Gasteiger partial charge is 0.368 e. The summed E-state index contributed by atoms with van der Waals surface area (Å²) in [6.45, 7) is 1.81. The zero-order chi connectivity index (χ0) is 10.3. The Hall–Kier alpha value is 0.0700. The van der Waals surface area contributed by atoms with Crippen LogP contribution in [0.3, 0.4) is 0 Å². The van der Waals surface area contributed by atoms with Crippen molar-refractivity contribution in [2.24, 2.45) is 0 Å². The molecule has 0 aliphatic carbocycles. The van der Waals surface area contributed by atoms with Crippen LogP contribution in [0, 0.1) is 0 Å². The molecule has 0 spiro atoms. The highest BCUT2D eigenvalue weighted by molar-refractivity contribution is 7.52. The van der Waals surface area contributed by atoms with E-state index < -0.39 is 13.9 Å². The molecule has 0 aliphatic rings. The van der Waals surface area contributed by atoms with E-state index in [1.54, 1.807) is 0 Å². The highest BCUT2D eigenvalue weighted by Crippen LogP contribution is 2.42. The normalized spacial score (nSPS) is 16.1. The molecule has 80 valence electrons. The zero-order valence-electron chi connectivity index (χ0n) is 7.72. The van der Waals surface area contributed by atoms with Crippen molar-refractivity contribution in [3.05, 3.63) is 0 Å². The smallest absolute Gasteiger partial charge is 0.328 e. The molecule has 0 rings (SSSR count). The second-order valence-corrected chi connectivity index (χ2v) is 4.80. The summed E-state index contributed by atoms with van der Waals surface area (Å²) in [6.07, 6.45) is 0.0689. The summed E-state index contributed by atoms with van der Waals surface area (Å²) in [5.41, 5.74) is 0. The molecule has 6 heteroatoms. The van der Waals surface area contributed by atoms with Crippen molar-refractivity contribution in [2.75, 3.05) is 12.8 Å². The van der Waals surface area contributed by atoms with Crippen LogP contribution in [0.5, 0.6) is 0 Å². The lowest BCUT2D eigenvalue weighted by molar-refractivity contribution is -0.0523. The second-order valence-electron chi connectivity index (χ2n) is 2.82. The van der Waals surface area contributed by atoms with Crippen LogP contribution in [0.15, 0.2) is 0 Å². The third kappa shape index (κ3) is 8.40. The maximum absolute atomic E-state index is 11.1. The molecular weight excluding hydrogens is 195 g/mol. The third-order valence-electron chi connectivity index (χ3n) is 1.46. The first-order valence-electron chi connectivity index (χ1n) is 4.30. The van der Waals surface area contributed by atoms with Crippen LogP contribution in [0.25, 0.3) is 0 Å². The van der Waals surface area contributed by atoms with Crippen LogP contribution >= 0.6 is 7.60 Å². The van der Waals surface area contributed by atoms with E-state index in [4.69, 9.17) is 15.1 Å². The van der Waals surface area contributed by atoms with Gasteiger partial charge in [0.25, 0.3) is 0 Å². The summed E-state index contributed by atoms with van der Waals surface area (Å²) in [7, 11) is -3.49. The number of aliphatic hydroxyl groups excluding tert-OH is 1. The van der Waals surface area contributed by atoms with Crippen LogP contribution < -0.4 is 0 Å². The monoisotopic (exact) mass is 212 g/mol. The quantitative estimate of drug-likeness (QED) is 0.427. The van der Waals surface area contributed by atoms with Gasteiger partial charge in [-0.1, -0.05) is 13.3 Å². The highest BCUT2D eigenvalue weighted by Gasteiger charge is 2.18. The summed E-state index contributed by atoms with van der Waals surface area (Å²) in [5, 5.41) is 16.9. The number of rotatable bonds is 7. The predicted octanol–water partition coefficient (Wildman–Crippen LogP) is 0.689. The van der Waals surface area contributed by atoms with Crippen LogP contribution in [-0.2, 0) is 9.09 Å². The maximum atomic E-state index is 11.1. The van der Waals surface area contributed by atoms with Gasteiger partial charge in [-0.3, -0.25) is 4.57 Å². The minimum Gasteiger partial charge on any atom is -0.368 e. The van der Waals surface area contributed by atoms with Crippen LogP contribution in [0.4, 0.5) is 0 Å². The molecule has 0 heterocycles. The topological polar surface area (TPSA) is 87.0 Å². The summed E-state index contributed by atoms with van der Waals surface area (Å²) >= 11 is 0. The van der Waals surface area contributed by atoms with Gasteiger partial charge < -0.3 is 19.6 Å². The van der Waals surface area contributed by atoms with E-state index in [0.717, 1.165) is 6.42 Å². The minimum atomic E-state index is -3.49. The van der Waals surface area contributed by atoms with Gasteiger partial charge in [0.05, 0.1) is 6.61 Å². The molecule has 1 atom stereocenters. The maximum Gasteiger partial charge on any atom is 0.328 e. The first-order valence-corrected chi connectivity index (χ1v) is 6.06. The molecule has 0 fully saturated rings. The predicted molar refractivity (Wildman–Crippen MR) is 48.4 cm³/mol. The van der Waals surface area contributed by atoms with Gasteiger partial charge in [-0.05, 0) is 6.42 Å². The number of hydrogen-bond donors (Lipinski definition) is 3. The Labute approximate surface area is 77.9 Å². The molecule has 0 radical (unpaired) electrons. The van der Waals surface area contributed by atoms with Crippen molar-refractivity contribution < 1.29 is 24.2 Å². The van der Waals surface area contributed by atoms with Gasteiger partial charge in [-0.15, -0.1) is 0 Å². The van der Waals surface area contributed by atoms with Crippen LogP contribution in [0.2, 0.25) is 0 Å². The molecule has 13 heavy (non-hydrogen) atoms. The fourth-order valence-corrected chi connectivity index (χ4v) is 1.96. The fourth-order valence-electron chi connectivity index (χ4n) is 0.723. The van der Waals surface area contributed by atoms with Crippen molar-refractivity contribution >= 4 is 7.60 Å². The van der Waals surface area contributed by atoms with Crippen LogP contribution in [-0.4, -0.2) is 34.2 Å². The van der Waals surface area contributed by atoms with E-state index in [0.29, 0.717) is 6.42 Å². The van der Waals surface area contributed by atoms with E-state index in [2.05, 4.69) is 4.52 Å². The van der Waals surface area contributed by atoms with Gasteiger partial charge >= 0.3 is 7.60 Å². The Balaban J connectivity index is 3.57. The van der Waals surface area contributed by atoms with E-state index in [1.165, 1.54) is 0 Å². The van der Waals surface area contributed by atoms with E-state index in [9.17, 15) is 4.57 Å². The molecule has 3 N–H and O–H groups in total. The van der Waals surface area contributed by atoms with Gasteiger partial charge in [0.1, 0.15) is 0 Å². The summed E-state index contributed by atoms with van der Waals surface area (Å²) in [5.74, 6) is 0. The lowest BCUT2D eigenvalue weighted by Crippen LogP contribution is -2.08. The standard InChI is InChI=1S/C7H17O5P/c1-2-3-6-13(10,11)12-5-4-7(8)9/h7-9H,2-6H2,1H3,(H,10,11). The summed E-state index contributed by atoms with van der Waals surface area (Å²) in [4.78, 5) is 9.13. The van der Waals surface area contributed by atoms with Gasteiger partial charge in [0.2, 0.25) is 0 Å². The molecule has 0 aliphatic heterocycles. The molecule has 0 aromatic heterocycles. The average molecular weight is 212 g/mol. The van der Waals surface area contributed by atoms with Gasteiger partial charge in [0, 0.05) is 12.6 Å². The SMILES string of the molecule is CCCCP(=O)(O)OCCC(O)O. The van der Waals surface area contributed by atoms with E-state index >= 15 is 0 Å². The van der Waals surface area contributed by atoms with E-state index in [1.807, 2.05) is 6.92 Å². The summed E-state index contributed by atoms with van der Waals surface area (Å²) in [6, 6.07) is 0. The molecule has 0 saturated heterocycles. The van der Waals surface area contributed by atoms with Crippen molar-refractivity contribution in [1.82, 2.24) is 0 Å². The summed E-state index contributed by atoms with van der Waals surface area (Å²) < 4.78 is 15.8. The molecule has 0 aromatic carbocycles. The zero-order valence-corrected chi connectivity index (χ0v) is 8.61. The Morgan fingerprint density at radius 3 is 2.54 bits per heavy atom. The number of hydrogen-bond acceptors (Lipinski definition) is 4. The first kappa shape index (κ1) is 13.1. The highest BCUT2D eigenvalue weighted by atomic mass is 31.2. The Kier molecular flexibility index (Phi) is 6.55. The molecule has 0 bridgehead atoms. The average Bonchev–Trinajstić information content (AvgIpc) is 2.00. The van der Waals surface area contributed by atoms with Crippen LogP contribution in [0.1, 0.15) is 26.2 Å². The first-order chi connectivity index (χ1) is 5.98. The van der Waals surface area contributed by atoms with Gasteiger partial charge in [0.15, 0.2) is 6.29 Å². The lowest BCUT2D eigenvalue weighted by atomic mass is 10.4. The molecule has 1 unspecified atom stereocenters. The fraction of sp³-hybridized carbons (Fsp3) is 1.00. The molecule has 0 aromatic rings. The Bertz CT molecular complexity index is 170. The molecular formula is C7H17O5P. The van der Waals surface area contributed by atoms with Crippen molar-refractivity contribution in [3.63, 3.8) is 0 Å². The minimum absolute atomic E-state index is 0.0450.